The molecule has 1 fully saturated rings. The maximum atomic E-state index is 12.4. The smallest absolute Gasteiger partial charge is 0.267 e. The summed E-state index contributed by atoms with van der Waals surface area (Å²) >= 11 is 0. The summed E-state index contributed by atoms with van der Waals surface area (Å²) in [6.45, 7) is 1.97. The van der Waals surface area contributed by atoms with E-state index in [1.165, 1.54) is 5.01 Å². The van der Waals surface area contributed by atoms with E-state index in [0.29, 0.717) is 5.69 Å². The number of rotatable bonds is 3. The zero-order chi connectivity index (χ0) is 16.2. The average Bonchev–Trinajstić information content (AvgIpc) is 2.85. The zero-order valence-electron chi connectivity index (χ0n) is 12.7. The lowest BCUT2D eigenvalue weighted by atomic mass is 10.2. The SMILES string of the molecule is Cc1ccc(N2NC(=O)/C(=C\C=C\c3ccccc3)C2=O)cc1. The van der Waals surface area contributed by atoms with E-state index in [-0.39, 0.29) is 11.5 Å². The number of nitrogens with zero attached hydrogens (tertiary/aromatic N) is 1. The van der Waals surface area contributed by atoms with Gasteiger partial charge in [-0.3, -0.25) is 15.0 Å². The summed E-state index contributed by atoms with van der Waals surface area (Å²) in [6.07, 6.45) is 5.10. The van der Waals surface area contributed by atoms with Gasteiger partial charge in [0.2, 0.25) is 0 Å². The van der Waals surface area contributed by atoms with Gasteiger partial charge in [-0.2, -0.15) is 0 Å². The van der Waals surface area contributed by atoms with Crippen molar-refractivity contribution in [2.75, 3.05) is 5.01 Å². The van der Waals surface area contributed by atoms with Crippen LogP contribution in [0.25, 0.3) is 6.08 Å². The second-order valence-corrected chi connectivity index (χ2v) is 5.27. The number of hydrazine groups is 1. The Morgan fingerprint density at radius 2 is 1.65 bits per heavy atom. The van der Waals surface area contributed by atoms with E-state index in [2.05, 4.69) is 5.43 Å². The van der Waals surface area contributed by atoms with E-state index in [1.54, 1.807) is 24.3 Å². The van der Waals surface area contributed by atoms with E-state index >= 15 is 0 Å². The molecule has 3 rings (SSSR count). The van der Waals surface area contributed by atoms with Crippen LogP contribution in [-0.2, 0) is 9.59 Å². The van der Waals surface area contributed by atoms with Gasteiger partial charge < -0.3 is 0 Å². The molecule has 0 aromatic heterocycles. The molecule has 1 heterocycles. The van der Waals surface area contributed by atoms with Crippen molar-refractivity contribution in [3.8, 4) is 0 Å². The van der Waals surface area contributed by atoms with Gasteiger partial charge in [0.15, 0.2) is 0 Å². The van der Waals surface area contributed by atoms with Crippen molar-refractivity contribution >= 4 is 23.6 Å². The molecule has 0 aliphatic carbocycles. The van der Waals surface area contributed by atoms with Crippen LogP contribution in [0.15, 0.2) is 72.3 Å². The maximum absolute atomic E-state index is 12.4. The van der Waals surface area contributed by atoms with Crippen molar-refractivity contribution in [1.82, 2.24) is 5.43 Å². The highest BCUT2D eigenvalue weighted by molar-refractivity contribution is 6.29. The van der Waals surface area contributed by atoms with Gasteiger partial charge in [-0.15, -0.1) is 0 Å². The summed E-state index contributed by atoms with van der Waals surface area (Å²) in [5.41, 5.74) is 5.44. The highest BCUT2D eigenvalue weighted by atomic mass is 16.2. The summed E-state index contributed by atoms with van der Waals surface area (Å²) in [7, 11) is 0. The lowest BCUT2D eigenvalue weighted by molar-refractivity contribution is -0.117. The van der Waals surface area contributed by atoms with Crippen LogP contribution >= 0.6 is 0 Å². The van der Waals surface area contributed by atoms with Crippen LogP contribution < -0.4 is 10.4 Å². The molecule has 1 saturated heterocycles. The molecular formula is C19H16N2O2. The van der Waals surface area contributed by atoms with Gasteiger partial charge in [-0.05, 0) is 30.7 Å². The highest BCUT2D eigenvalue weighted by Crippen LogP contribution is 2.20. The molecule has 0 radical (unpaired) electrons. The van der Waals surface area contributed by atoms with Crippen LogP contribution in [0.3, 0.4) is 0 Å². The Morgan fingerprint density at radius 3 is 2.35 bits per heavy atom. The Kier molecular flexibility index (Phi) is 4.06. The molecule has 0 spiro atoms. The molecule has 0 saturated carbocycles. The fraction of sp³-hybridized carbons (Fsp3) is 0.0526. The summed E-state index contributed by atoms with van der Waals surface area (Å²) < 4.78 is 0. The zero-order valence-corrected chi connectivity index (χ0v) is 12.7. The van der Waals surface area contributed by atoms with E-state index in [4.69, 9.17) is 0 Å². The molecule has 1 N–H and O–H groups in total. The van der Waals surface area contributed by atoms with Crippen molar-refractivity contribution in [2.45, 2.75) is 6.92 Å². The fourth-order valence-electron chi connectivity index (χ4n) is 2.27. The summed E-state index contributed by atoms with van der Waals surface area (Å²) in [4.78, 5) is 24.4. The first-order valence-corrected chi connectivity index (χ1v) is 7.31. The number of hydrogen-bond acceptors (Lipinski definition) is 2. The van der Waals surface area contributed by atoms with Gasteiger partial charge in [0.25, 0.3) is 11.8 Å². The second-order valence-electron chi connectivity index (χ2n) is 5.27. The molecule has 4 heteroatoms. The predicted octanol–water partition coefficient (Wildman–Crippen LogP) is 3.01. The Labute approximate surface area is 134 Å². The first kappa shape index (κ1) is 14.8. The van der Waals surface area contributed by atoms with Crippen LogP contribution in [-0.4, -0.2) is 11.8 Å². The van der Waals surface area contributed by atoms with Crippen LogP contribution in [0.4, 0.5) is 5.69 Å². The third kappa shape index (κ3) is 3.21. The van der Waals surface area contributed by atoms with Gasteiger partial charge in [-0.25, -0.2) is 5.01 Å². The number of anilines is 1. The minimum absolute atomic E-state index is 0.123. The van der Waals surface area contributed by atoms with Crippen molar-refractivity contribution in [2.24, 2.45) is 0 Å². The monoisotopic (exact) mass is 304 g/mol. The summed E-state index contributed by atoms with van der Waals surface area (Å²) in [5.74, 6) is -0.746. The third-order valence-electron chi connectivity index (χ3n) is 3.53. The van der Waals surface area contributed by atoms with Crippen molar-refractivity contribution in [3.05, 3.63) is 83.4 Å². The van der Waals surface area contributed by atoms with E-state index in [0.717, 1.165) is 11.1 Å². The normalized spacial score (nSPS) is 16.4. The predicted molar refractivity (Wildman–Crippen MR) is 90.4 cm³/mol. The molecule has 4 nitrogen and oxygen atoms in total. The number of aryl methyl sites for hydroxylation is 1. The lowest BCUT2D eigenvalue weighted by Crippen LogP contribution is -2.35. The average molecular weight is 304 g/mol. The first-order valence-electron chi connectivity index (χ1n) is 7.31. The molecule has 2 amide bonds. The van der Waals surface area contributed by atoms with Gasteiger partial charge in [0.05, 0.1) is 5.69 Å². The van der Waals surface area contributed by atoms with Crippen molar-refractivity contribution < 1.29 is 9.59 Å². The number of allylic oxidation sites excluding steroid dienone is 2. The fourth-order valence-corrected chi connectivity index (χ4v) is 2.27. The number of benzene rings is 2. The van der Waals surface area contributed by atoms with Crippen molar-refractivity contribution in [1.29, 1.82) is 0 Å². The molecule has 1 aliphatic rings. The molecule has 2 aromatic carbocycles. The van der Waals surface area contributed by atoms with E-state index in [1.807, 2.05) is 55.5 Å². The van der Waals surface area contributed by atoms with Gasteiger partial charge in [0.1, 0.15) is 5.57 Å². The number of hydrogen-bond donors (Lipinski definition) is 1. The summed E-state index contributed by atoms with van der Waals surface area (Å²) in [5, 5.41) is 1.27. The van der Waals surface area contributed by atoms with E-state index in [9.17, 15) is 9.59 Å². The van der Waals surface area contributed by atoms with Crippen LogP contribution in [0.2, 0.25) is 0 Å². The largest absolute Gasteiger partial charge is 0.282 e. The first-order chi connectivity index (χ1) is 11.1. The Morgan fingerprint density at radius 1 is 0.957 bits per heavy atom. The topological polar surface area (TPSA) is 49.4 Å². The van der Waals surface area contributed by atoms with E-state index < -0.39 is 5.91 Å². The molecule has 0 bridgehead atoms. The Bertz CT molecular complexity index is 790. The van der Waals surface area contributed by atoms with Gasteiger partial charge in [0, 0.05) is 0 Å². The number of amides is 2. The number of nitrogens with one attached hydrogen (secondary N) is 1. The standard InChI is InChI=1S/C19H16N2O2/c1-14-10-12-16(13-11-14)21-19(23)17(18(22)20-21)9-5-8-15-6-3-2-4-7-15/h2-13H,1H3,(H,20,22)/b8-5+,17-9+. The van der Waals surface area contributed by atoms with Gasteiger partial charge >= 0.3 is 0 Å². The molecule has 0 unspecified atom stereocenters. The third-order valence-corrected chi connectivity index (χ3v) is 3.53. The molecule has 1 aliphatic heterocycles. The second kappa shape index (κ2) is 6.32. The van der Waals surface area contributed by atoms with Crippen LogP contribution in [0.5, 0.6) is 0 Å². The number of carbonyl (C=O) groups excluding carboxylic acids is 2. The Hall–Kier alpha value is -3.14. The van der Waals surface area contributed by atoms with Crippen molar-refractivity contribution in [3.63, 3.8) is 0 Å². The Balaban J connectivity index is 1.80. The lowest BCUT2D eigenvalue weighted by Gasteiger charge is -2.14. The highest BCUT2D eigenvalue weighted by Gasteiger charge is 2.33. The molecule has 2 aromatic rings. The van der Waals surface area contributed by atoms with Crippen LogP contribution in [0, 0.1) is 6.92 Å². The molecule has 0 atom stereocenters. The molecule has 23 heavy (non-hydrogen) atoms. The van der Waals surface area contributed by atoms with Crippen LogP contribution in [0.1, 0.15) is 11.1 Å². The minimum atomic E-state index is -0.395. The minimum Gasteiger partial charge on any atom is -0.267 e. The summed E-state index contributed by atoms with van der Waals surface area (Å²) in [6, 6.07) is 17.1. The quantitative estimate of drug-likeness (QED) is 0.700. The molecule has 114 valence electrons. The number of carbonyl (C=O) groups is 2. The molecular weight excluding hydrogens is 288 g/mol. The van der Waals surface area contributed by atoms with Gasteiger partial charge in [-0.1, -0.05) is 60.2 Å². The maximum Gasteiger partial charge on any atom is 0.282 e.